The van der Waals surface area contributed by atoms with Crippen LogP contribution in [-0.4, -0.2) is 26.7 Å². The molecule has 2 N–H and O–H groups in total. The normalized spacial score (nSPS) is 16.3. The number of halogens is 5. The van der Waals surface area contributed by atoms with Crippen LogP contribution in [-0.2, 0) is 0 Å². The maximum atomic E-state index is 12.5. The lowest BCUT2D eigenvalue weighted by atomic mass is 10.2. The zero-order valence-corrected chi connectivity index (χ0v) is 18.8. The van der Waals surface area contributed by atoms with E-state index in [4.69, 9.17) is 70.2 Å². The molecule has 10 heteroatoms. The second-order valence-corrected chi connectivity index (χ2v) is 9.71. The standard InChI is InChI=1S/C17H18Cl5N3OS/c18-10-7-8-12(13(19)9-10)14(26)24-15(17(20,21)22)25-16(27)23-11-5-3-1-2-4-6-11/h7-9,15H,1-6H2,(H,24,26)(H,25,27). The summed E-state index contributed by atoms with van der Waals surface area (Å²) < 4.78 is -1.86. The molecular formula is C17H18Cl5N3OS. The molecule has 1 atom stereocenters. The van der Waals surface area contributed by atoms with E-state index in [1.807, 2.05) is 0 Å². The van der Waals surface area contributed by atoms with Gasteiger partial charge in [-0.3, -0.25) is 4.79 Å². The van der Waals surface area contributed by atoms with Gasteiger partial charge in [-0.05, 0) is 56.1 Å². The molecule has 1 aliphatic rings. The molecule has 0 aliphatic heterocycles. The average Bonchev–Trinajstić information content (AvgIpc) is 2.81. The number of benzene rings is 1. The molecule has 0 spiro atoms. The van der Waals surface area contributed by atoms with Crippen LogP contribution >= 0.6 is 70.2 Å². The lowest BCUT2D eigenvalue weighted by Crippen LogP contribution is -2.54. The van der Waals surface area contributed by atoms with E-state index in [9.17, 15) is 4.79 Å². The highest BCUT2D eigenvalue weighted by molar-refractivity contribution is 7.80. The molecule has 1 aromatic rings. The zero-order chi connectivity index (χ0) is 20.0. The lowest BCUT2D eigenvalue weighted by molar-refractivity contribution is 0.0934. The monoisotopic (exact) mass is 487 g/mol. The Labute approximate surface area is 188 Å². The summed E-state index contributed by atoms with van der Waals surface area (Å²) in [4.78, 5) is 16.9. The Bertz CT molecular complexity index is 726. The molecule has 0 bridgehead atoms. The molecule has 148 valence electrons. The predicted octanol–water partition coefficient (Wildman–Crippen LogP) is 6.09. The minimum atomic E-state index is -1.86. The fourth-order valence-electron chi connectivity index (χ4n) is 2.63. The van der Waals surface area contributed by atoms with Gasteiger partial charge in [-0.1, -0.05) is 70.8 Å². The van der Waals surface area contributed by atoms with Crippen molar-refractivity contribution in [2.75, 3.05) is 0 Å². The van der Waals surface area contributed by atoms with Gasteiger partial charge < -0.3 is 10.6 Å². The van der Waals surface area contributed by atoms with Crippen molar-refractivity contribution in [3.8, 4) is 0 Å². The Kier molecular flexibility index (Phi) is 8.91. The Morgan fingerprint density at radius 2 is 1.70 bits per heavy atom. The largest absolute Gasteiger partial charge is 0.337 e. The molecule has 1 aliphatic carbocycles. The number of aliphatic imine (C=N–C) groups is 1. The number of rotatable bonds is 3. The average molecular weight is 490 g/mol. The fourth-order valence-corrected chi connectivity index (χ4v) is 3.70. The fraction of sp³-hybridized carbons (Fsp3) is 0.471. The number of carbonyl (C=O) groups excluding carboxylic acids is 1. The van der Waals surface area contributed by atoms with Gasteiger partial charge >= 0.3 is 0 Å². The first-order valence-electron chi connectivity index (χ1n) is 8.36. The minimum absolute atomic E-state index is 0.158. The summed E-state index contributed by atoms with van der Waals surface area (Å²) in [6.45, 7) is 0. The number of hydrogen-bond acceptors (Lipinski definition) is 2. The summed E-state index contributed by atoms with van der Waals surface area (Å²) in [5.41, 5.74) is 1.21. The molecule has 1 amide bonds. The Balaban J connectivity index is 2.09. The predicted molar refractivity (Wildman–Crippen MR) is 119 cm³/mol. The molecule has 1 saturated carbocycles. The number of alkyl halides is 3. The highest BCUT2D eigenvalue weighted by Gasteiger charge is 2.35. The van der Waals surface area contributed by atoms with Gasteiger partial charge in [0.15, 0.2) is 5.11 Å². The van der Waals surface area contributed by atoms with Gasteiger partial charge in [-0.25, -0.2) is 4.99 Å². The van der Waals surface area contributed by atoms with Gasteiger partial charge in [0.2, 0.25) is 3.79 Å². The van der Waals surface area contributed by atoms with Gasteiger partial charge in [-0.2, -0.15) is 0 Å². The van der Waals surface area contributed by atoms with Crippen LogP contribution < -0.4 is 10.6 Å². The molecule has 27 heavy (non-hydrogen) atoms. The Hall–Kier alpha value is -0.300. The van der Waals surface area contributed by atoms with Gasteiger partial charge in [0, 0.05) is 10.7 Å². The lowest BCUT2D eigenvalue weighted by Gasteiger charge is -2.27. The van der Waals surface area contributed by atoms with Gasteiger partial charge in [0.05, 0.1) is 10.6 Å². The van der Waals surface area contributed by atoms with Crippen molar-refractivity contribution in [1.82, 2.24) is 10.6 Å². The van der Waals surface area contributed by atoms with Crippen LogP contribution in [0.25, 0.3) is 0 Å². The van der Waals surface area contributed by atoms with Crippen LogP contribution in [0, 0.1) is 0 Å². The van der Waals surface area contributed by atoms with Crippen LogP contribution in [0.5, 0.6) is 0 Å². The van der Waals surface area contributed by atoms with E-state index in [0.717, 1.165) is 31.4 Å². The quantitative estimate of drug-likeness (QED) is 0.234. The highest BCUT2D eigenvalue weighted by atomic mass is 35.6. The number of hydrogen-bond donors (Lipinski definition) is 2. The van der Waals surface area contributed by atoms with E-state index in [-0.39, 0.29) is 15.7 Å². The van der Waals surface area contributed by atoms with Crippen LogP contribution in [0.15, 0.2) is 23.2 Å². The van der Waals surface area contributed by atoms with Crippen molar-refractivity contribution in [2.24, 2.45) is 4.99 Å². The van der Waals surface area contributed by atoms with E-state index in [0.29, 0.717) is 5.02 Å². The van der Waals surface area contributed by atoms with Crippen LogP contribution in [0.3, 0.4) is 0 Å². The van der Waals surface area contributed by atoms with E-state index in [2.05, 4.69) is 15.6 Å². The molecule has 0 aromatic heterocycles. The summed E-state index contributed by atoms with van der Waals surface area (Å²) in [6, 6.07) is 4.49. The van der Waals surface area contributed by atoms with Gasteiger partial charge in [-0.15, -0.1) is 0 Å². The summed E-state index contributed by atoms with van der Waals surface area (Å²) in [5.74, 6) is -0.537. The molecule has 0 heterocycles. The third kappa shape index (κ3) is 7.56. The third-order valence-electron chi connectivity index (χ3n) is 3.99. The second kappa shape index (κ2) is 10.5. The molecule has 1 unspecified atom stereocenters. The first-order valence-corrected chi connectivity index (χ1v) is 10.7. The first kappa shape index (κ1) is 23.0. The molecule has 1 fully saturated rings. The summed E-state index contributed by atoms with van der Waals surface area (Å²) in [5, 5.41) is 6.14. The smallest absolute Gasteiger partial charge is 0.254 e. The van der Waals surface area contributed by atoms with E-state index < -0.39 is 15.9 Å². The van der Waals surface area contributed by atoms with Crippen molar-refractivity contribution in [3.63, 3.8) is 0 Å². The van der Waals surface area contributed by atoms with Crippen molar-refractivity contribution in [3.05, 3.63) is 33.8 Å². The first-order chi connectivity index (χ1) is 12.7. The molecule has 0 radical (unpaired) electrons. The van der Waals surface area contributed by atoms with Gasteiger partial charge in [0.1, 0.15) is 6.17 Å². The van der Waals surface area contributed by atoms with Crippen molar-refractivity contribution < 1.29 is 4.79 Å². The maximum absolute atomic E-state index is 12.5. The van der Waals surface area contributed by atoms with E-state index >= 15 is 0 Å². The van der Waals surface area contributed by atoms with Crippen molar-refractivity contribution in [1.29, 1.82) is 0 Å². The summed E-state index contributed by atoms with van der Waals surface area (Å²) >= 11 is 35.2. The van der Waals surface area contributed by atoms with Gasteiger partial charge in [0.25, 0.3) is 5.91 Å². The molecule has 2 rings (SSSR count). The number of thiocarbonyl (C=S) groups is 1. The number of carbonyl (C=O) groups is 1. The van der Waals surface area contributed by atoms with Crippen LogP contribution in [0.2, 0.25) is 10.0 Å². The Morgan fingerprint density at radius 1 is 1.07 bits per heavy atom. The Morgan fingerprint density at radius 3 is 2.26 bits per heavy atom. The van der Waals surface area contributed by atoms with Crippen LogP contribution in [0.1, 0.15) is 48.9 Å². The third-order valence-corrected chi connectivity index (χ3v) is 5.40. The maximum Gasteiger partial charge on any atom is 0.254 e. The van der Waals surface area contributed by atoms with E-state index in [1.165, 1.54) is 25.0 Å². The van der Waals surface area contributed by atoms with Crippen LogP contribution in [0.4, 0.5) is 0 Å². The zero-order valence-electron chi connectivity index (χ0n) is 14.2. The molecular weight excluding hydrogens is 472 g/mol. The minimum Gasteiger partial charge on any atom is -0.337 e. The second-order valence-electron chi connectivity index (χ2n) is 6.11. The number of amides is 1. The topological polar surface area (TPSA) is 53.5 Å². The number of nitrogens with one attached hydrogen (secondary N) is 2. The number of nitrogens with zero attached hydrogens (tertiary/aromatic N) is 1. The van der Waals surface area contributed by atoms with E-state index in [1.54, 1.807) is 6.07 Å². The SMILES string of the molecule is O=C(NC(NC(=S)N=C1CCCCCC1)C(Cl)(Cl)Cl)c1ccc(Cl)cc1Cl. The molecule has 4 nitrogen and oxygen atoms in total. The molecule has 0 saturated heterocycles. The van der Waals surface area contributed by atoms with Crippen molar-refractivity contribution in [2.45, 2.75) is 48.5 Å². The van der Waals surface area contributed by atoms with Crippen molar-refractivity contribution >= 4 is 87.0 Å². The molecule has 1 aromatic carbocycles. The summed E-state index contributed by atoms with van der Waals surface area (Å²) in [7, 11) is 0. The highest BCUT2D eigenvalue weighted by Crippen LogP contribution is 2.30. The summed E-state index contributed by atoms with van der Waals surface area (Å²) in [6.07, 6.45) is 5.24.